The first kappa shape index (κ1) is 19.7. The van der Waals surface area contributed by atoms with E-state index in [1.165, 1.54) is 0 Å². The van der Waals surface area contributed by atoms with Gasteiger partial charge in [-0.05, 0) is 44.2 Å². The first-order valence-electron chi connectivity index (χ1n) is 9.54. The van der Waals surface area contributed by atoms with Crippen LogP contribution in [0.15, 0.2) is 36.4 Å². The lowest BCUT2D eigenvalue weighted by Gasteiger charge is -2.35. The molecule has 1 aromatic heterocycles. The Kier molecular flexibility index (Phi) is 6.89. The van der Waals surface area contributed by atoms with Gasteiger partial charge in [-0.3, -0.25) is 4.79 Å². The summed E-state index contributed by atoms with van der Waals surface area (Å²) in [5.74, 6) is 2.73. The maximum Gasteiger partial charge on any atom is 0.260 e. The molecule has 28 heavy (non-hydrogen) atoms. The molecule has 1 aromatic carbocycles. The van der Waals surface area contributed by atoms with Crippen LogP contribution in [0.4, 0.5) is 5.82 Å². The quantitative estimate of drug-likeness (QED) is 0.687. The highest BCUT2D eigenvalue weighted by Gasteiger charge is 2.22. The van der Waals surface area contributed by atoms with Crippen molar-refractivity contribution >= 4 is 11.7 Å². The maximum atomic E-state index is 12.4. The summed E-state index contributed by atoms with van der Waals surface area (Å²) in [7, 11) is 0. The third-order valence-electron chi connectivity index (χ3n) is 4.37. The van der Waals surface area contributed by atoms with E-state index in [1.807, 2.05) is 43.0 Å². The lowest BCUT2D eigenvalue weighted by Crippen LogP contribution is -2.50. The number of anilines is 1. The number of aromatic nitrogens is 2. The van der Waals surface area contributed by atoms with Crippen molar-refractivity contribution < 1.29 is 19.0 Å². The SMILES string of the molecule is CCOc1ccc(OCC(=O)N2CCN(c3ccc(OCC)nn3)CC2)cc1. The van der Waals surface area contributed by atoms with Gasteiger partial charge in [-0.15, -0.1) is 10.2 Å². The molecule has 0 saturated carbocycles. The number of amides is 1. The average Bonchev–Trinajstić information content (AvgIpc) is 2.74. The van der Waals surface area contributed by atoms with Gasteiger partial charge < -0.3 is 24.0 Å². The Hall–Kier alpha value is -3.03. The highest BCUT2D eigenvalue weighted by atomic mass is 16.5. The third kappa shape index (κ3) is 5.25. The van der Waals surface area contributed by atoms with Crippen molar-refractivity contribution in [1.29, 1.82) is 0 Å². The molecule has 0 spiro atoms. The largest absolute Gasteiger partial charge is 0.494 e. The third-order valence-corrected chi connectivity index (χ3v) is 4.37. The van der Waals surface area contributed by atoms with Gasteiger partial charge in [0.25, 0.3) is 5.91 Å². The zero-order valence-electron chi connectivity index (χ0n) is 16.3. The maximum absolute atomic E-state index is 12.4. The van der Waals surface area contributed by atoms with E-state index in [0.29, 0.717) is 51.0 Å². The second-order valence-electron chi connectivity index (χ2n) is 6.22. The highest BCUT2D eigenvalue weighted by Crippen LogP contribution is 2.18. The van der Waals surface area contributed by atoms with E-state index in [1.54, 1.807) is 12.1 Å². The lowest BCUT2D eigenvalue weighted by atomic mass is 10.3. The Morgan fingerprint density at radius 2 is 1.50 bits per heavy atom. The predicted molar refractivity (Wildman–Crippen MR) is 105 cm³/mol. The number of ether oxygens (including phenoxy) is 3. The normalized spacial score (nSPS) is 13.9. The molecular formula is C20H26N4O4. The van der Waals surface area contributed by atoms with Crippen LogP contribution in [0.5, 0.6) is 17.4 Å². The number of piperazine rings is 1. The van der Waals surface area contributed by atoms with Crippen LogP contribution in [0.25, 0.3) is 0 Å². The van der Waals surface area contributed by atoms with Gasteiger partial charge in [0, 0.05) is 32.2 Å². The molecule has 2 heterocycles. The molecule has 0 bridgehead atoms. The average molecular weight is 386 g/mol. The fraction of sp³-hybridized carbons (Fsp3) is 0.450. The highest BCUT2D eigenvalue weighted by molar-refractivity contribution is 5.78. The molecule has 2 aromatic rings. The summed E-state index contributed by atoms with van der Waals surface area (Å²) >= 11 is 0. The van der Waals surface area contributed by atoms with Crippen molar-refractivity contribution in [1.82, 2.24) is 15.1 Å². The van der Waals surface area contributed by atoms with Crippen LogP contribution in [-0.2, 0) is 4.79 Å². The van der Waals surface area contributed by atoms with Crippen LogP contribution < -0.4 is 19.1 Å². The van der Waals surface area contributed by atoms with Crippen LogP contribution in [0.3, 0.4) is 0 Å². The Bertz CT molecular complexity index is 744. The van der Waals surface area contributed by atoms with Crippen LogP contribution in [0.2, 0.25) is 0 Å². The van der Waals surface area contributed by atoms with E-state index in [9.17, 15) is 4.79 Å². The number of benzene rings is 1. The van der Waals surface area contributed by atoms with Gasteiger partial charge in [0.1, 0.15) is 11.5 Å². The van der Waals surface area contributed by atoms with Gasteiger partial charge in [-0.1, -0.05) is 0 Å². The van der Waals surface area contributed by atoms with Crippen LogP contribution in [0, 0.1) is 0 Å². The molecule has 0 aliphatic carbocycles. The Morgan fingerprint density at radius 3 is 2.07 bits per heavy atom. The van der Waals surface area contributed by atoms with Crippen molar-refractivity contribution in [3.05, 3.63) is 36.4 Å². The first-order valence-corrected chi connectivity index (χ1v) is 9.54. The minimum atomic E-state index is -0.0219. The summed E-state index contributed by atoms with van der Waals surface area (Å²) in [6.07, 6.45) is 0. The molecule has 0 atom stereocenters. The number of carbonyl (C=O) groups excluding carboxylic acids is 1. The van der Waals surface area contributed by atoms with Gasteiger partial charge in [0.05, 0.1) is 13.2 Å². The standard InChI is InChI=1S/C20H26N4O4/c1-3-26-16-5-7-17(8-6-16)28-15-20(25)24-13-11-23(12-14-24)18-9-10-19(22-21-18)27-4-2/h5-10H,3-4,11-15H2,1-2H3. The molecule has 1 fully saturated rings. The van der Waals surface area contributed by atoms with Gasteiger partial charge in [-0.2, -0.15) is 0 Å². The summed E-state index contributed by atoms with van der Waals surface area (Å²) in [6.45, 7) is 7.71. The summed E-state index contributed by atoms with van der Waals surface area (Å²) in [6, 6.07) is 11.0. The number of hydrogen-bond acceptors (Lipinski definition) is 7. The topological polar surface area (TPSA) is 77.0 Å². The van der Waals surface area contributed by atoms with Gasteiger partial charge in [-0.25, -0.2) is 0 Å². The second-order valence-corrected chi connectivity index (χ2v) is 6.22. The van der Waals surface area contributed by atoms with E-state index in [0.717, 1.165) is 11.6 Å². The van der Waals surface area contributed by atoms with Crippen molar-refractivity contribution in [2.24, 2.45) is 0 Å². The first-order chi connectivity index (χ1) is 13.7. The summed E-state index contributed by atoms with van der Waals surface area (Å²) in [5.41, 5.74) is 0. The monoisotopic (exact) mass is 386 g/mol. The van der Waals surface area contributed by atoms with E-state index >= 15 is 0 Å². The van der Waals surface area contributed by atoms with Crippen molar-refractivity contribution in [2.75, 3.05) is 50.9 Å². The molecule has 8 nitrogen and oxygen atoms in total. The fourth-order valence-electron chi connectivity index (χ4n) is 2.93. The number of nitrogens with zero attached hydrogens (tertiary/aromatic N) is 4. The van der Waals surface area contributed by atoms with Crippen molar-refractivity contribution in [3.63, 3.8) is 0 Å². The van der Waals surface area contributed by atoms with E-state index in [4.69, 9.17) is 14.2 Å². The zero-order chi connectivity index (χ0) is 19.8. The van der Waals surface area contributed by atoms with Gasteiger partial charge in [0.15, 0.2) is 12.4 Å². The lowest BCUT2D eigenvalue weighted by molar-refractivity contribution is -0.133. The number of hydrogen-bond donors (Lipinski definition) is 0. The molecular weight excluding hydrogens is 360 g/mol. The van der Waals surface area contributed by atoms with Crippen LogP contribution in [-0.4, -0.2) is 67.0 Å². The molecule has 0 N–H and O–H groups in total. The molecule has 3 rings (SSSR count). The zero-order valence-corrected chi connectivity index (χ0v) is 16.3. The molecule has 150 valence electrons. The van der Waals surface area contributed by atoms with Crippen LogP contribution >= 0.6 is 0 Å². The van der Waals surface area contributed by atoms with E-state index < -0.39 is 0 Å². The molecule has 1 saturated heterocycles. The van der Waals surface area contributed by atoms with Gasteiger partial charge in [0.2, 0.25) is 5.88 Å². The Morgan fingerprint density at radius 1 is 0.857 bits per heavy atom. The molecule has 1 aliphatic rings. The van der Waals surface area contributed by atoms with Crippen LogP contribution in [0.1, 0.15) is 13.8 Å². The van der Waals surface area contributed by atoms with E-state index in [-0.39, 0.29) is 12.5 Å². The van der Waals surface area contributed by atoms with E-state index in [2.05, 4.69) is 15.1 Å². The Labute approximate surface area is 165 Å². The predicted octanol–water partition coefficient (Wildman–Crippen LogP) is 2.00. The molecule has 1 amide bonds. The summed E-state index contributed by atoms with van der Waals surface area (Å²) in [5, 5.41) is 8.25. The van der Waals surface area contributed by atoms with Crippen molar-refractivity contribution in [2.45, 2.75) is 13.8 Å². The minimum absolute atomic E-state index is 0.0219. The smallest absolute Gasteiger partial charge is 0.260 e. The van der Waals surface area contributed by atoms with Crippen molar-refractivity contribution in [3.8, 4) is 17.4 Å². The minimum Gasteiger partial charge on any atom is -0.494 e. The summed E-state index contributed by atoms with van der Waals surface area (Å²) < 4.78 is 16.3. The Balaban J connectivity index is 1.44. The van der Waals surface area contributed by atoms with Gasteiger partial charge >= 0.3 is 0 Å². The number of carbonyl (C=O) groups is 1. The second kappa shape index (κ2) is 9.77. The molecule has 0 radical (unpaired) electrons. The molecule has 1 aliphatic heterocycles. The number of rotatable bonds is 8. The molecule has 8 heteroatoms. The molecule has 0 unspecified atom stereocenters. The fourth-order valence-corrected chi connectivity index (χ4v) is 2.93. The summed E-state index contributed by atoms with van der Waals surface area (Å²) in [4.78, 5) is 16.3.